The Morgan fingerprint density at radius 3 is 2.09 bits per heavy atom. The number of nitrogens with zero attached hydrogens (tertiary/aromatic N) is 1. The average Bonchev–Trinajstić information content (AvgIpc) is 3.63. The highest BCUT2D eigenvalue weighted by molar-refractivity contribution is 6.35. The van der Waals surface area contributed by atoms with Gasteiger partial charge in [-0.15, -0.1) is 0 Å². The number of carbonyl (C=O) groups is 2. The van der Waals surface area contributed by atoms with Crippen LogP contribution >= 0.6 is 34.8 Å². The number of hydrogen-bond acceptors (Lipinski definition) is 3. The maximum absolute atomic E-state index is 14.0. The van der Waals surface area contributed by atoms with E-state index in [1.807, 2.05) is 0 Å². The van der Waals surface area contributed by atoms with Crippen LogP contribution in [0.1, 0.15) is 43.2 Å². The van der Waals surface area contributed by atoms with E-state index in [4.69, 9.17) is 40.5 Å². The van der Waals surface area contributed by atoms with E-state index in [2.05, 4.69) is 10.2 Å². The molecule has 1 atom stereocenters. The van der Waals surface area contributed by atoms with Gasteiger partial charge in [0.05, 0.1) is 5.41 Å². The van der Waals surface area contributed by atoms with Crippen molar-refractivity contribution >= 4 is 46.6 Å². The monoisotopic (exact) mass is 539 g/mol. The van der Waals surface area contributed by atoms with Crippen LogP contribution in [0.5, 0.6) is 0 Å². The summed E-state index contributed by atoms with van der Waals surface area (Å²) in [5.41, 5.74) is 5.47. The molecule has 3 heterocycles. The molecule has 2 amide bonds. The fraction of sp³-hybridized carbons (Fsp3) is 0.462. The molecule has 2 aromatic rings. The fourth-order valence-corrected chi connectivity index (χ4v) is 5.66. The predicted octanol–water partition coefficient (Wildman–Crippen LogP) is 5.13. The maximum Gasteiger partial charge on any atom is 0.240 e. The van der Waals surface area contributed by atoms with E-state index in [1.54, 1.807) is 18.2 Å². The minimum Gasteiger partial charge on any atom is -0.368 e. The smallest absolute Gasteiger partial charge is 0.240 e. The SMILES string of the molecule is C1CN2CCC1CC2.NC(=O)C(Cc1ccc(Cl)cc1F)NC(=O)C1(c2ccc(Cl)cc2Cl)CC1. The molecule has 6 rings (SSSR count). The lowest BCUT2D eigenvalue weighted by atomic mass is 9.89. The van der Waals surface area contributed by atoms with Gasteiger partial charge >= 0.3 is 0 Å². The zero-order valence-corrected chi connectivity index (χ0v) is 21.6. The number of amides is 2. The first-order valence-electron chi connectivity index (χ1n) is 11.9. The minimum absolute atomic E-state index is 0.0749. The van der Waals surface area contributed by atoms with Gasteiger partial charge in [0.15, 0.2) is 0 Å². The van der Waals surface area contributed by atoms with E-state index < -0.39 is 23.2 Å². The van der Waals surface area contributed by atoms with Gasteiger partial charge in [0.1, 0.15) is 11.9 Å². The Balaban J connectivity index is 0.000000301. The second-order valence-corrected chi connectivity index (χ2v) is 10.9. The summed E-state index contributed by atoms with van der Waals surface area (Å²) in [5, 5.41) is 3.74. The quantitative estimate of drug-likeness (QED) is 0.533. The van der Waals surface area contributed by atoms with E-state index in [9.17, 15) is 14.0 Å². The number of nitrogens with two attached hydrogens (primary N) is 1. The Hall–Kier alpha value is -1.86. The van der Waals surface area contributed by atoms with E-state index in [0.29, 0.717) is 28.5 Å². The number of primary amides is 1. The molecular formula is C26H29Cl3FN3O2. The number of halogens is 4. The summed E-state index contributed by atoms with van der Waals surface area (Å²) in [6.07, 6.45) is 5.55. The zero-order valence-electron chi connectivity index (χ0n) is 19.3. The van der Waals surface area contributed by atoms with Gasteiger partial charge in [-0.1, -0.05) is 46.9 Å². The number of hydrogen-bond donors (Lipinski definition) is 2. The van der Waals surface area contributed by atoms with Crippen molar-refractivity contribution in [1.29, 1.82) is 0 Å². The molecule has 1 unspecified atom stereocenters. The van der Waals surface area contributed by atoms with Crippen molar-refractivity contribution in [3.8, 4) is 0 Å². The van der Waals surface area contributed by atoms with Crippen LogP contribution < -0.4 is 11.1 Å². The molecule has 1 saturated carbocycles. The molecule has 35 heavy (non-hydrogen) atoms. The van der Waals surface area contributed by atoms with Gasteiger partial charge in [-0.25, -0.2) is 4.39 Å². The lowest BCUT2D eigenvalue weighted by Gasteiger charge is -2.38. The Bertz CT molecular complexity index is 1080. The Morgan fingerprint density at radius 2 is 1.63 bits per heavy atom. The highest BCUT2D eigenvalue weighted by atomic mass is 35.5. The first kappa shape index (κ1) is 26.2. The Morgan fingerprint density at radius 1 is 1.03 bits per heavy atom. The Labute approximate surface area is 220 Å². The Kier molecular flexibility index (Phi) is 8.26. The van der Waals surface area contributed by atoms with Crippen molar-refractivity contribution in [3.05, 3.63) is 68.4 Å². The minimum atomic E-state index is -1.06. The summed E-state index contributed by atoms with van der Waals surface area (Å²) in [6, 6.07) is 7.99. The van der Waals surface area contributed by atoms with Crippen LogP contribution in [0.2, 0.25) is 15.1 Å². The number of carbonyl (C=O) groups excluding carboxylic acids is 2. The van der Waals surface area contributed by atoms with Gasteiger partial charge in [0.2, 0.25) is 11.8 Å². The van der Waals surface area contributed by atoms with Crippen molar-refractivity contribution in [2.45, 2.75) is 50.0 Å². The van der Waals surface area contributed by atoms with Crippen molar-refractivity contribution in [2.24, 2.45) is 11.7 Å². The molecule has 2 aromatic carbocycles. The van der Waals surface area contributed by atoms with Gasteiger partial charge in [-0.3, -0.25) is 9.59 Å². The van der Waals surface area contributed by atoms with Crippen LogP contribution in [-0.2, 0) is 21.4 Å². The third-order valence-corrected chi connectivity index (χ3v) is 8.06. The van der Waals surface area contributed by atoms with E-state index >= 15 is 0 Å². The summed E-state index contributed by atoms with van der Waals surface area (Å²) in [5.74, 6) is -0.578. The lowest BCUT2D eigenvalue weighted by molar-refractivity contribution is -0.128. The van der Waals surface area contributed by atoms with Gasteiger partial charge < -0.3 is 16.0 Å². The number of rotatable bonds is 6. The second kappa shape index (κ2) is 11.0. The molecule has 1 aliphatic carbocycles. The van der Waals surface area contributed by atoms with Crippen molar-refractivity contribution < 1.29 is 14.0 Å². The summed E-state index contributed by atoms with van der Waals surface area (Å²) >= 11 is 17.9. The number of nitrogens with one attached hydrogen (secondary N) is 1. The fourth-order valence-electron chi connectivity index (χ4n) is 4.91. The highest BCUT2D eigenvalue weighted by Crippen LogP contribution is 2.51. The lowest BCUT2D eigenvalue weighted by Crippen LogP contribution is -2.49. The number of fused-ring (bicyclic) bond motifs is 3. The van der Waals surface area contributed by atoms with E-state index in [1.165, 1.54) is 51.0 Å². The summed E-state index contributed by atoms with van der Waals surface area (Å²) < 4.78 is 14.0. The largest absolute Gasteiger partial charge is 0.368 e. The summed E-state index contributed by atoms with van der Waals surface area (Å²) in [4.78, 5) is 27.3. The second-order valence-electron chi connectivity index (χ2n) is 9.65. The molecule has 2 bridgehead atoms. The summed E-state index contributed by atoms with van der Waals surface area (Å²) in [6.45, 7) is 4.18. The first-order chi connectivity index (χ1) is 16.7. The molecule has 3 N–H and O–H groups in total. The first-order valence-corrected chi connectivity index (χ1v) is 13.0. The van der Waals surface area contributed by atoms with Crippen molar-refractivity contribution in [2.75, 3.05) is 19.6 Å². The molecule has 0 radical (unpaired) electrons. The van der Waals surface area contributed by atoms with Crippen LogP contribution in [0, 0.1) is 11.7 Å². The summed E-state index contributed by atoms with van der Waals surface area (Å²) in [7, 11) is 0. The number of piperidine rings is 3. The standard InChI is InChI=1S/C19H16Cl3FN2O2.C7H13N/c20-11-3-4-13(14(22)8-11)19(5-6-19)18(27)25-16(17(24)26)7-10-1-2-12(21)9-15(10)23;1-4-8-5-2-7(1)3-6-8/h1-4,8-9,16H,5-7H2,(H2,24,26)(H,25,27);7H,1-6H2. The van der Waals surface area contributed by atoms with Crippen LogP contribution in [-0.4, -0.2) is 42.4 Å². The molecule has 3 saturated heterocycles. The molecule has 3 aliphatic heterocycles. The molecule has 188 valence electrons. The topological polar surface area (TPSA) is 75.4 Å². The molecule has 0 aromatic heterocycles. The van der Waals surface area contributed by atoms with Crippen LogP contribution in [0.15, 0.2) is 36.4 Å². The average molecular weight is 541 g/mol. The van der Waals surface area contributed by atoms with Crippen LogP contribution in [0.25, 0.3) is 0 Å². The van der Waals surface area contributed by atoms with Crippen molar-refractivity contribution in [1.82, 2.24) is 10.2 Å². The molecule has 4 aliphatic rings. The van der Waals surface area contributed by atoms with Gasteiger partial charge in [-0.2, -0.15) is 0 Å². The molecular weight excluding hydrogens is 512 g/mol. The van der Waals surface area contributed by atoms with E-state index in [0.717, 1.165) is 12.0 Å². The highest BCUT2D eigenvalue weighted by Gasteiger charge is 2.53. The maximum atomic E-state index is 14.0. The third kappa shape index (κ3) is 6.29. The van der Waals surface area contributed by atoms with Crippen LogP contribution in [0.4, 0.5) is 4.39 Å². The third-order valence-electron chi connectivity index (χ3n) is 7.28. The van der Waals surface area contributed by atoms with Crippen LogP contribution in [0.3, 0.4) is 0 Å². The van der Waals surface area contributed by atoms with Gasteiger partial charge in [0.25, 0.3) is 0 Å². The molecule has 5 nitrogen and oxygen atoms in total. The van der Waals surface area contributed by atoms with Gasteiger partial charge in [0, 0.05) is 21.5 Å². The molecule has 9 heteroatoms. The normalized spacial score (nSPS) is 22.5. The predicted molar refractivity (Wildman–Crippen MR) is 137 cm³/mol. The van der Waals surface area contributed by atoms with Crippen molar-refractivity contribution in [3.63, 3.8) is 0 Å². The zero-order chi connectivity index (χ0) is 25.2. The van der Waals surface area contributed by atoms with Gasteiger partial charge in [-0.05, 0) is 93.0 Å². The number of benzene rings is 2. The van der Waals surface area contributed by atoms with E-state index in [-0.39, 0.29) is 22.9 Å². The molecule has 4 fully saturated rings. The molecule has 0 spiro atoms.